The van der Waals surface area contributed by atoms with Gasteiger partial charge in [0.25, 0.3) is 0 Å². The van der Waals surface area contributed by atoms with Crippen LogP contribution in [-0.4, -0.2) is 30.1 Å². The number of ether oxygens (including phenoxy) is 1. The summed E-state index contributed by atoms with van der Waals surface area (Å²) in [7, 11) is 0. The Morgan fingerprint density at radius 2 is 2.06 bits per heavy atom. The quantitative estimate of drug-likeness (QED) is 0.613. The summed E-state index contributed by atoms with van der Waals surface area (Å²) in [6.45, 7) is 3.32. The van der Waals surface area contributed by atoms with E-state index >= 15 is 0 Å². The van der Waals surface area contributed by atoms with Crippen molar-refractivity contribution in [3.63, 3.8) is 0 Å². The van der Waals surface area contributed by atoms with E-state index < -0.39 is 17.5 Å². The Morgan fingerprint density at radius 3 is 2.53 bits per heavy atom. The summed E-state index contributed by atoms with van der Waals surface area (Å²) in [6.07, 6.45) is -0.924. The molecule has 17 heavy (non-hydrogen) atoms. The largest absolute Gasteiger partial charge is 0.464 e. The minimum Gasteiger partial charge on any atom is -0.464 e. The zero-order chi connectivity index (χ0) is 12.9. The Labute approximate surface area is 100 Å². The molecule has 4 nitrogen and oxygen atoms in total. The first-order valence-electron chi connectivity index (χ1n) is 5.42. The van der Waals surface area contributed by atoms with Crippen LogP contribution in [0.2, 0.25) is 0 Å². The minimum atomic E-state index is -1.50. The number of hydrogen-bond acceptors (Lipinski definition) is 4. The van der Waals surface area contributed by atoms with E-state index in [1.54, 1.807) is 37.3 Å². The smallest absolute Gasteiger partial charge is 0.336 e. The van der Waals surface area contributed by atoms with Gasteiger partial charge in [0.15, 0.2) is 6.10 Å². The molecule has 2 atom stereocenters. The van der Waals surface area contributed by atoms with Gasteiger partial charge in [0, 0.05) is 0 Å². The summed E-state index contributed by atoms with van der Waals surface area (Å²) < 4.78 is 4.73. The third-order valence-electron chi connectivity index (χ3n) is 2.72. The number of aliphatic hydroxyl groups excluding tert-OH is 1. The lowest BCUT2D eigenvalue weighted by Gasteiger charge is -2.27. The molecule has 0 aliphatic heterocycles. The van der Waals surface area contributed by atoms with Crippen molar-refractivity contribution in [2.24, 2.45) is 0 Å². The van der Waals surface area contributed by atoms with Crippen molar-refractivity contribution in [2.45, 2.75) is 25.4 Å². The van der Waals surface area contributed by atoms with Gasteiger partial charge in [-0.3, -0.25) is 0 Å². The standard InChI is InChI=1S/C13H16O4/c1-3-17-12(16)11(15)13(2,9-14)10-7-5-4-6-8-10/h4-9,11,15H,3H2,1-2H3/t11-,13+/m0/s1. The molecular weight excluding hydrogens is 220 g/mol. The maximum absolute atomic E-state index is 11.5. The predicted octanol–water partition coefficient (Wildman–Crippen LogP) is 1.07. The van der Waals surface area contributed by atoms with E-state index in [0.717, 1.165) is 0 Å². The van der Waals surface area contributed by atoms with Crippen LogP contribution in [-0.2, 0) is 19.7 Å². The van der Waals surface area contributed by atoms with Crippen LogP contribution in [0.1, 0.15) is 19.4 Å². The number of aldehydes is 1. The van der Waals surface area contributed by atoms with Crippen molar-refractivity contribution in [1.82, 2.24) is 0 Å². The van der Waals surface area contributed by atoms with Crippen LogP contribution in [0.4, 0.5) is 0 Å². The van der Waals surface area contributed by atoms with Crippen molar-refractivity contribution >= 4 is 12.3 Å². The summed E-state index contributed by atoms with van der Waals surface area (Å²) in [5.74, 6) is -0.786. The molecule has 0 saturated heterocycles. The van der Waals surface area contributed by atoms with Gasteiger partial charge < -0.3 is 14.6 Å². The molecule has 0 saturated carbocycles. The molecule has 1 rings (SSSR count). The normalized spacial score (nSPS) is 15.7. The van der Waals surface area contributed by atoms with Gasteiger partial charge >= 0.3 is 5.97 Å². The van der Waals surface area contributed by atoms with Gasteiger partial charge in [0.2, 0.25) is 0 Å². The fraction of sp³-hybridized carbons (Fsp3) is 0.385. The Hall–Kier alpha value is -1.68. The van der Waals surface area contributed by atoms with Crippen molar-refractivity contribution in [3.8, 4) is 0 Å². The zero-order valence-electron chi connectivity index (χ0n) is 9.92. The molecule has 1 aromatic carbocycles. The van der Waals surface area contributed by atoms with Crippen molar-refractivity contribution in [3.05, 3.63) is 35.9 Å². The molecule has 0 heterocycles. The highest BCUT2D eigenvalue weighted by molar-refractivity contribution is 5.84. The van der Waals surface area contributed by atoms with Gasteiger partial charge in [-0.05, 0) is 19.4 Å². The Kier molecular flexibility index (Phi) is 4.40. The molecule has 0 amide bonds. The van der Waals surface area contributed by atoms with Gasteiger partial charge in [0.05, 0.1) is 12.0 Å². The third-order valence-corrected chi connectivity index (χ3v) is 2.72. The van der Waals surface area contributed by atoms with Crippen LogP contribution in [0.15, 0.2) is 30.3 Å². The zero-order valence-corrected chi connectivity index (χ0v) is 9.92. The van der Waals surface area contributed by atoms with Gasteiger partial charge in [-0.1, -0.05) is 30.3 Å². The summed E-state index contributed by atoms with van der Waals surface area (Å²) >= 11 is 0. The molecule has 0 bridgehead atoms. The molecule has 0 aliphatic rings. The molecular formula is C13H16O4. The molecule has 0 spiro atoms. The van der Waals surface area contributed by atoms with Crippen LogP contribution in [0.3, 0.4) is 0 Å². The summed E-state index contributed by atoms with van der Waals surface area (Å²) in [5.41, 5.74) is -0.705. The molecule has 0 aromatic heterocycles. The van der Waals surface area contributed by atoms with Gasteiger partial charge in [0.1, 0.15) is 6.29 Å². The van der Waals surface area contributed by atoms with Crippen molar-refractivity contribution < 1.29 is 19.4 Å². The second-order valence-corrected chi connectivity index (χ2v) is 3.92. The number of aliphatic hydroxyl groups is 1. The van der Waals surface area contributed by atoms with Crippen LogP contribution in [0.25, 0.3) is 0 Å². The van der Waals surface area contributed by atoms with Crippen molar-refractivity contribution in [2.75, 3.05) is 6.61 Å². The molecule has 92 valence electrons. The SMILES string of the molecule is CCOC(=O)[C@H](O)[C@](C)(C=O)c1ccccc1. The van der Waals surface area contributed by atoms with E-state index in [1.807, 2.05) is 0 Å². The average molecular weight is 236 g/mol. The fourth-order valence-corrected chi connectivity index (χ4v) is 1.55. The third kappa shape index (κ3) is 2.71. The number of esters is 1. The number of rotatable bonds is 5. The van der Waals surface area contributed by atoms with E-state index in [9.17, 15) is 14.7 Å². The first-order valence-corrected chi connectivity index (χ1v) is 5.42. The lowest BCUT2D eigenvalue weighted by atomic mass is 9.79. The van der Waals surface area contributed by atoms with Crippen LogP contribution >= 0.6 is 0 Å². The van der Waals surface area contributed by atoms with E-state index in [-0.39, 0.29) is 6.61 Å². The van der Waals surface area contributed by atoms with Crippen LogP contribution < -0.4 is 0 Å². The molecule has 1 N–H and O–H groups in total. The molecule has 0 radical (unpaired) electrons. The monoisotopic (exact) mass is 236 g/mol. The first kappa shape index (κ1) is 13.4. The van der Waals surface area contributed by atoms with Crippen LogP contribution in [0.5, 0.6) is 0 Å². The molecule has 0 aliphatic carbocycles. The predicted molar refractivity (Wildman–Crippen MR) is 62.5 cm³/mol. The lowest BCUT2D eigenvalue weighted by Crippen LogP contribution is -2.44. The Bertz CT molecular complexity index is 388. The van der Waals surface area contributed by atoms with E-state index in [0.29, 0.717) is 11.8 Å². The fourth-order valence-electron chi connectivity index (χ4n) is 1.55. The first-order chi connectivity index (χ1) is 8.06. The number of carbonyl (C=O) groups is 2. The molecule has 4 heteroatoms. The molecule has 0 fully saturated rings. The highest BCUT2D eigenvalue weighted by Crippen LogP contribution is 2.26. The molecule has 1 aromatic rings. The Morgan fingerprint density at radius 1 is 1.47 bits per heavy atom. The highest BCUT2D eigenvalue weighted by Gasteiger charge is 2.40. The Balaban J connectivity index is 3.04. The van der Waals surface area contributed by atoms with E-state index in [4.69, 9.17) is 4.74 Å². The highest BCUT2D eigenvalue weighted by atomic mass is 16.5. The van der Waals surface area contributed by atoms with Gasteiger partial charge in [-0.25, -0.2) is 4.79 Å². The number of carbonyl (C=O) groups excluding carboxylic acids is 2. The minimum absolute atomic E-state index is 0.166. The van der Waals surface area contributed by atoms with Gasteiger partial charge in [-0.2, -0.15) is 0 Å². The summed E-state index contributed by atoms with van der Waals surface area (Å²) in [4.78, 5) is 22.7. The second kappa shape index (κ2) is 5.59. The second-order valence-electron chi connectivity index (χ2n) is 3.92. The van der Waals surface area contributed by atoms with Gasteiger partial charge in [-0.15, -0.1) is 0 Å². The average Bonchev–Trinajstić information content (AvgIpc) is 2.38. The van der Waals surface area contributed by atoms with Crippen molar-refractivity contribution in [1.29, 1.82) is 0 Å². The maximum Gasteiger partial charge on any atom is 0.336 e. The maximum atomic E-state index is 11.5. The topological polar surface area (TPSA) is 63.6 Å². The van der Waals surface area contributed by atoms with Crippen LogP contribution in [0, 0.1) is 0 Å². The number of benzene rings is 1. The van der Waals surface area contributed by atoms with E-state index in [2.05, 4.69) is 0 Å². The van der Waals surface area contributed by atoms with E-state index in [1.165, 1.54) is 6.92 Å². The summed E-state index contributed by atoms with van der Waals surface area (Å²) in [5, 5.41) is 9.92. The number of hydrogen-bond donors (Lipinski definition) is 1. The lowest BCUT2D eigenvalue weighted by molar-refractivity contribution is -0.158. The summed E-state index contributed by atoms with van der Waals surface area (Å²) in [6, 6.07) is 8.67. The molecule has 0 unspecified atom stereocenters.